The van der Waals surface area contributed by atoms with Gasteiger partial charge >= 0.3 is 6.03 Å². The summed E-state index contributed by atoms with van der Waals surface area (Å²) in [5.41, 5.74) is 0.449. The molecule has 2 rings (SSSR count). The van der Waals surface area contributed by atoms with Gasteiger partial charge in [-0.05, 0) is 18.2 Å². The largest absolute Gasteiger partial charge is 0.464 e. The predicted octanol–water partition coefficient (Wildman–Crippen LogP) is 1.05. The van der Waals surface area contributed by atoms with Gasteiger partial charge in [-0.15, -0.1) is 0 Å². The van der Waals surface area contributed by atoms with Crippen molar-refractivity contribution in [2.75, 3.05) is 7.05 Å². The van der Waals surface area contributed by atoms with Crippen molar-refractivity contribution < 1.29 is 17.6 Å². The molecule has 90 valence electrons. The molecule has 0 aliphatic heterocycles. The van der Waals surface area contributed by atoms with E-state index < -0.39 is 16.1 Å². The Labute approximate surface area is 97.7 Å². The van der Waals surface area contributed by atoms with E-state index >= 15 is 0 Å². The van der Waals surface area contributed by atoms with Crippen LogP contribution in [0.15, 0.2) is 39.8 Å². The van der Waals surface area contributed by atoms with Crippen LogP contribution in [0.1, 0.15) is 0 Å². The van der Waals surface area contributed by atoms with Gasteiger partial charge in [-0.2, -0.15) is 0 Å². The van der Waals surface area contributed by atoms with Gasteiger partial charge in [0, 0.05) is 18.5 Å². The van der Waals surface area contributed by atoms with E-state index in [1.165, 1.54) is 25.4 Å². The molecule has 0 bridgehead atoms. The molecule has 1 heterocycles. The third kappa shape index (κ3) is 2.23. The van der Waals surface area contributed by atoms with Gasteiger partial charge in [0.2, 0.25) is 0 Å². The first-order valence-electron chi connectivity index (χ1n) is 4.75. The summed E-state index contributed by atoms with van der Waals surface area (Å²) in [5, 5.41) is 2.97. The van der Waals surface area contributed by atoms with Gasteiger partial charge in [0.15, 0.2) is 0 Å². The Bertz CT molecular complexity index is 660. The molecule has 7 heteroatoms. The number of amides is 2. The van der Waals surface area contributed by atoms with Gasteiger partial charge in [-0.3, -0.25) is 0 Å². The average molecular weight is 254 g/mol. The van der Waals surface area contributed by atoms with Crippen LogP contribution in [-0.2, 0) is 10.0 Å². The summed E-state index contributed by atoms with van der Waals surface area (Å²) in [5.74, 6) is 0. The van der Waals surface area contributed by atoms with Crippen molar-refractivity contribution in [3.63, 3.8) is 0 Å². The van der Waals surface area contributed by atoms with Crippen molar-refractivity contribution in [2.45, 2.75) is 4.90 Å². The second-order valence-corrected chi connectivity index (χ2v) is 4.99. The fourth-order valence-electron chi connectivity index (χ4n) is 1.33. The number of hydrogen-bond acceptors (Lipinski definition) is 4. The van der Waals surface area contributed by atoms with E-state index in [-0.39, 0.29) is 4.90 Å². The maximum Gasteiger partial charge on any atom is 0.328 e. The summed E-state index contributed by atoms with van der Waals surface area (Å²) < 4.78 is 30.5. The van der Waals surface area contributed by atoms with Gasteiger partial charge in [-0.25, -0.2) is 17.9 Å². The number of furan rings is 1. The number of fused-ring (bicyclic) bond motifs is 1. The Morgan fingerprint density at radius 3 is 2.76 bits per heavy atom. The summed E-state index contributed by atoms with van der Waals surface area (Å²) in [6.07, 6.45) is 1.47. The SMILES string of the molecule is CNC(=O)NS(=O)(=O)c1ccc2ccoc2c1. The first kappa shape index (κ1) is 11.5. The minimum Gasteiger partial charge on any atom is -0.464 e. The lowest BCUT2D eigenvalue weighted by Crippen LogP contribution is -2.37. The highest BCUT2D eigenvalue weighted by Gasteiger charge is 2.17. The van der Waals surface area contributed by atoms with Crippen LogP contribution >= 0.6 is 0 Å². The molecular formula is C10H10N2O4S. The molecule has 0 unspecified atom stereocenters. The topological polar surface area (TPSA) is 88.4 Å². The molecule has 0 atom stereocenters. The summed E-state index contributed by atoms with van der Waals surface area (Å²) in [6, 6.07) is 5.31. The van der Waals surface area contributed by atoms with Crippen molar-refractivity contribution in [3.8, 4) is 0 Å². The molecule has 0 radical (unpaired) electrons. The van der Waals surface area contributed by atoms with Gasteiger partial charge in [-0.1, -0.05) is 0 Å². The van der Waals surface area contributed by atoms with E-state index in [2.05, 4.69) is 5.32 Å². The zero-order valence-electron chi connectivity index (χ0n) is 8.93. The van der Waals surface area contributed by atoms with Gasteiger partial charge in [0.25, 0.3) is 10.0 Å². The smallest absolute Gasteiger partial charge is 0.328 e. The van der Waals surface area contributed by atoms with E-state index in [4.69, 9.17) is 4.42 Å². The van der Waals surface area contributed by atoms with Crippen LogP contribution < -0.4 is 10.0 Å². The van der Waals surface area contributed by atoms with Crippen molar-refractivity contribution in [3.05, 3.63) is 30.5 Å². The molecular weight excluding hydrogens is 244 g/mol. The minimum atomic E-state index is -3.86. The molecule has 1 aromatic heterocycles. The Balaban J connectivity index is 2.41. The number of hydrogen-bond donors (Lipinski definition) is 2. The fraction of sp³-hybridized carbons (Fsp3) is 0.100. The first-order valence-corrected chi connectivity index (χ1v) is 6.23. The minimum absolute atomic E-state index is 0.0245. The van der Waals surface area contributed by atoms with Crippen molar-refractivity contribution in [1.82, 2.24) is 10.0 Å². The molecule has 0 saturated carbocycles. The first-order chi connectivity index (χ1) is 8.03. The number of nitrogens with one attached hydrogen (secondary N) is 2. The summed E-state index contributed by atoms with van der Waals surface area (Å²) in [4.78, 5) is 11.0. The second-order valence-electron chi connectivity index (χ2n) is 3.30. The molecule has 0 fully saturated rings. The van der Waals surface area contributed by atoms with Crippen molar-refractivity contribution in [2.24, 2.45) is 0 Å². The third-order valence-electron chi connectivity index (χ3n) is 2.19. The Kier molecular flexibility index (Phi) is 2.76. The van der Waals surface area contributed by atoms with Crippen LogP contribution in [0.2, 0.25) is 0 Å². The monoisotopic (exact) mass is 254 g/mol. The van der Waals surface area contributed by atoms with E-state index in [1.54, 1.807) is 12.1 Å². The number of carbonyl (C=O) groups excluding carboxylic acids is 1. The number of benzene rings is 1. The van der Waals surface area contributed by atoms with Crippen molar-refractivity contribution >= 4 is 27.0 Å². The second kappa shape index (κ2) is 4.10. The number of rotatable bonds is 2. The van der Waals surface area contributed by atoms with Gasteiger partial charge in [0.1, 0.15) is 5.58 Å². The molecule has 2 aromatic rings. The highest BCUT2D eigenvalue weighted by molar-refractivity contribution is 7.90. The summed E-state index contributed by atoms with van der Waals surface area (Å²) in [7, 11) is -2.53. The molecule has 6 nitrogen and oxygen atoms in total. The predicted molar refractivity (Wildman–Crippen MR) is 61.0 cm³/mol. The highest BCUT2D eigenvalue weighted by atomic mass is 32.2. The lowest BCUT2D eigenvalue weighted by molar-refractivity contribution is 0.248. The van der Waals surface area contributed by atoms with Crippen LogP contribution in [0.3, 0.4) is 0 Å². The van der Waals surface area contributed by atoms with Crippen LogP contribution in [0.5, 0.6) is 0 Å². The molecule has 0 aliphatic rings. The van der Waals surface area contributed by atoms with Gasteiger partial charge in [0.05, 0.1) is 11.2 Å². The molecule has 1 aromatic carbocycles. The van der Waals surface area contributed by atoms with E-state index in [0.717, 1.165) is 5.39 Å². The maximum absolute atomic E-state index is 11.8. The van der Waals surface area contributed by atoms with E-state index in [1.807, 2.05) is 4.72 Å². The normalized spacial score (nSPS) is 11.4. The van der Waals surface area contributed by atoms with E-state index in [0.29, 0.717) is 5.58 Å². The molecule has 0 spiro atoms. The number of carbonyl (C=O) groups is 1. The Hall–Kier alpha value is -2.02. The maximum atomic E-state index is 11.8. The Morgan fingerprint density at radius 1 is 1.29 bits per heavy atom. The van der Waals surface area contributed by atoms with Gasteiger partial charge < -0.3 is 9.73 Å². The zero-order valence-corrected chi connectivity index (χ0v) is 9.74. The summed E-state index contributed by atoms with van der Waals surface area (Å²) >= 11 is 0. The summed E-state index contributed by atoms with van der Waals surface area (Å²) in [6.45, 7) is 0. The molecule has 2 amide bonds. The standard InChI is InChI=1S/C10H10N2O4S/c1-11-10(13)12-17(14,15)8-3-2-7-4-5-16-9(7)6-8/h2-6H,1H3,(H2,11,12,13). The third-order valence-corrected chi connectivity index (χ3v) is 3.52. The lowest BCUT2D eigenvalue weighted by atomic mass is 10.3. The Morgan fingerprint density at radius 2 is 2.06 bits per heavy atom. The quantitative estimate of drug-likeness (QED) is 0.838. The average Bonchev–Trinajstić information content (AvgIpc) is 2.75. The highest BCUT2D eigenvalue weighted by Crippen LogP contribution is 2.19. The van der Waals surface area contributed by atoms with Crippen LogP contribution in [0.25, 0.3) is 11.0 Å². The van der Waals surface area contributed by atoms with Crippen LogP contribution in [0, 0.1) is 0 Å². The van der Waals surface area contributed by atoms with Crippen LogP contribution in [-0.4, -0.2) is 21.5 Å². The van der Waals surface area contributed by atoms with E-state index in [9.17, 15) is 13.2 Å². The number of sulfonamides is 1. The molecule has 17 heavy (non-hydrogen) atoms. The van der Waals surface area contributed by atoms with Crippen LogP contribution in [0.4, 0.5) is 4.79 Å². The van der Waals surface area contributed by atoms with Crippen molar-refractivity contribution in [1.29, 1.82) is 0 Å². The number of urea groups is 1. The molecule has 0 aliphatic carbocycles. The fourth-order valence-corrected chi connectivity index (χ4v) is 2.31. The zero-order chi connectivity index (χ0) is 12.5. The molecule has 0 saturated heterocycles. The lowest BCUT2D eigenvalue weighted by Gasteiger charge is -2.05. The molecule has 2 N–H and O–H groups in total.